The number of nitrogens with zero attached hydrogens (tertiary/aromatic N) is 2. The predicted octanol–water partition coefficient (Wildman–Crippen LogP) is 1.03. The summed E-state index contributed by atoms with van der Waals surface area (Å²) in [7, 11) is 0. The van der Waals surface area contributed by atoms with Crippen molar-refractivity contribution < 1.29 is 0 Å². The molecule has 1 aromatic rings. The molecule has 0 fully saturated rings. The second-order valence-corrected chi connectivity index (χ2v) is 3.23. The van der Waals surface area contributed by atoms with Crippen molar-refractivity contribution >= 4 is 24.1 Å². The average Bonchev–Trinajstić information content (AvgIpc) is 2.58. The van der Waals surface area contributed by atoms with Crippen LogP contribution < -0.4 is 11.5 Å². The highest BCUT2D eigenvalue weighted by Gasteiger charge is 2.16. The van der Waals surface area contributed by atoms with Crippen molar-refractivity contribution in [2.45, 2.75) is 12.8 Å². The van der Waals surface area contributed by atoms with Gasteiger partial charge in [-0.05, 0) is 18.4 Å². The van der Waals surface area contributed by atoms with E-state index in [9.17, 15) is 0 Å². The van der Waals surface area contributed by atoms with Gasteiger partial charge in [-0.3, -0.25) is 0 Å². The van der Waals surface area contributed by atoms with Gasteiger partial charge in [0.15, 0.2) is 0 Å². The first-order valence-corrected chi connectivity index (χ1v) is 4.51. The summed E-state index contributed by atoms with van der Waals surface area (Å²) in [5.74, 6) is 0.00174. The maximum absolute atomic E-state index is 5.21. The zero-order valence-electron chi connectivity index (χ0n) is 8.18. The molecule has 0 spiro atoms. The van der Waals surface area contributed by atoms with Crippen LogP contribution in [0.1, 0.15) is 17.5 Å². The first-order chi connectivity index (χ1) is 6.77. The molecule has 4 nitrogen and oxygen atoms in total. The van der Waals surface area contributed by atoms with Crippen LogP contribution in [0, 0.1) is 0 Å². The quantitative estimate of drug-likeness (QED) is 0.425. The van der Waals surface area contributed by atoms with Crippen molar-refractivity contribution in [1.82, 2.24) is 0 Å². The van der Waals surface area contributed by atoms with Crippen LogP contribution in [-0.4, -0.2) is 11.7 Å². The van der Waals surface area contributed by atoms with Crippen molar-refractivity contribution in [3.63, 3.8) is 0 Å². The van der Waals surface area contributed by atoms with Crippen molar-refractivity contribution in [3.05, 3.63) is 35.4 Å². The minimum atomic E-state index is 0. The molecule has 1 aliphatic rings. The summed E-state index contributed by atoms with van der Waals surface area (Å²) in [4.78, 5) is 0. The third-order valence-corrected chi connectivity index (χ3v) is 2.25. The fraction of sp³-hybridized carbons (Fsp3) is 0.200. The van der Waals surface area contributed by atoms with Crippen LogP contribution in [0.2, 0.25) is 0 Å². The Bertz CT molecular complexity index is 408. The molecule has 1 aromatic carbocycles. The molecular weight excluding hydrogens is 212 g/mol. The lowest BCUT2D eigenvalue weighted by atomic mass is 10.1. The lowest BCUT2D eigenvalue weighted by molar-refractivity contribution is 1.08. The third kappa shape index (κ3) is 2.47. The van der Waals surface area contributed by atoms with E-state index in [0.717, 1.165) is 24.1 Å². The highest BCUT2D eigenvalue weighted by atomic mass is 35.5. The summed E-state index contributed by atoms with van der Waals surface area (Å²) in [5, 5.41) is 7.68. The molecule has 1 aliphatic carbocycles. The first-order valence-electron chi connectivity index (χ1n) is 4.51. The molecule has 0 unspecified atom stereocenters. The van der Waals surface area contributed by atoms with Crippen LogP contribution in [0.3, 0.4) is 0 Å². The Balaban J connectivity index is 0.00000112. The van der Waals surface area contributed by atoms with E-state index < -0.39 is 0 Å². The Labute approximate surface area is 94.5 Å². The second kappa shape index (κ2) is 4.79. The summed E-state index contributed by atoms with van der Waals surface area (Å²) in [6.45, 7) is 0. The van der Waals surface area contributed by atoms with Gasteiger partial charge in [-0.1, -0.05) is 24.3 Å². The normalized spacial score (nSPS) is 15.6. The smallest absolute Gasteiger partial charge is 0.211 e. The fourth-order valence-electron chi connectivity index (χ4n) is 1.63. The number of nitrogens with two attached hydrogens (primary N) is 2. The molecule has 0 saturated carbocycles. The SMILES string of the molecule is Cl.NC(N)=NN=C1CCc2ccccc21. The van der Waals surface area contributed by atoms with Gasteiger partial charge >= 0.3 is 0 Å². The number of guanidine groups is 1. The Hall–Kier alpha value is -1.55. The maximum Gasteiger partial charge on any atom is 0.211 e. The largest absolute Gasteiger partial charge is 0.369 e. The van der Waals surface area contributed by atoms with Crippen LogP contribution in [0.4, 0.5) is 0 Å². The van der Waals surface area contributed by atoms with E-state index >= 15 is 0 Å². The molecule has 0 saturated heterocycles. The molecule has 0 aromatic heterocycles. The zero-order chi connectivity index (χ0) is 9.97. The average molecular weight is 225 g/mol. The number of benzene rings is 1. The number of fused-ring (bicyclic) bond motifs is 1. The summed E-state index contributed by atoms with van der Waals surface area (Å²) >= 11 is 0. The minimum Gasteiger partial charge on any atom is -0.369 e. The van der Waals surface area contributed by atoms with Gasteiger partial charge in [-0.2, -0.15) is 5.10 Å². The molecule has 0 heterocycles. The van der Waals surface area contributed by atoms with Crippen molar-refractivity contribution in [2.75, 3.05) is 0 Å². The highest BCUT2D eigenvalue weighted by molar-refractivity contribution is 6.04. The Morgan fingerprint density at radius 2 is 1.87 bits per heavy atom. The molecule has 0 bridgehead atoms. The van der Waals surface area contributed by atoms with E-state index in [1.807, 2.05) is 18.2 Å². The van der Waals surface area contributed by atoms with Crippen molar-refractivity contribution in [2.24, 2.45) is 21.7 Å². The fourth-order valence-corrected chi connectivity index (χ4v) is 1.63. The number of hydrogen-bond donors (Lipinski definition) is 2. The van der Waals surface area contributed by atoms with Crippen LogP contribution in [0.15, 0.2) is 34.5 Å². The van der Waals surface area contributed by atoms with Crippen molar-refractivity contribution in [1.29, 1.82) is 0 Å². The van der Waals surface area contributed by atoms with E-state index in [4.69, 9.17) is 11.5 Å². The standard InChI is InChI=1S/C10H12N4.ClH/c11-10(12)14-13-9-6-5-7-3-1-2-4-8(7)9;/h1-4H,5-6H2,(H4,11,12,14);1H. The third-order valence-electron chi connectivity index (χ3n) is 2.25. The Kier molecular flexibility index (Phi) is 3.68. The van der Waals surface area contributed by atoms with Crippen molar-refractivity contribution in [3.8, 4) is 0 Å². The van der Waals surface area contributed by atoms with Gasteiger partial charge in [0.25, 0.3) is 0 Å². The lowest BCUT2D eigenvalue weighted by Crippen LogP contribution is -2.22. The molecule has 5 heteroatoms. The number of hydrogen-bond acceptors (Lipinski definition) is 2. The molecule has 4 N–H and O–H groups in total. The Morgan fingerprint density at radius 1 is 1.13 bits per heavy atom. The second-order valence-electron chi connectivity index (χ2n) is 3.23. The molecule has 0 atom stereocenters. The molecule has 0 amide bonds. The maximum atomic E-state index is 5.21. The van der Waals surface area contributed by atoms with Gasteiger partial charge in [-0.25, -0.2) is 0 Å². The summed E-state index contributed by atoms with van der Waals surface area (Å²) in [5.41, 5.74) is 13.9. The summed E-state index contributed by atoms with van der Waals surface area (Å²) in [6, 6.07) is 8.17. The van der Waals surface area contributed by atoms with Gasteiger partial charge in [-0.15, -0.1) is 17.5 Å². The van der Waals surface area contributed by atoms with Gasteiger partial charge in [0.1, 0.15) is 0 Å². The molecular formula is C10H13ClN4. The van der Waals surface area contributed by atoms with Crippen LogP contribution in [-0.2, 0) is 6.42 Å². The van der Waals surface area contributed by atoms with Crippen LogP contribution in [0.5, 0.6) is 0 Å². The summed E-state index contributed by atoms with van der Waals surface area (Å²) < 4.78 is 0. The van der Waals surface area contributed by atoms with E-state index in [1.165, 1.54) is 5.56 Å². The first kappa shape index (κ1) is 11.5. The number of rotatable bonds is 1. The number of aryl methyl sites for hydroxylation is 1. The van der Waals surface area contributed by atoms with E-state index in [0.29, 0.717) is 0 Å². The van der Waals surface area contributed by atoms with Crippen LogP contribution in [0.25, 0.3) is 0 Å². The molecule has 15 heavy (non-hydrogen) atoms. The van der Waals surface area contributed by atoms with E-state index in [-0.39, 0.29) is 18.4 Å². The van der Waals surface area contributed by atoms with E-state index in [1.54, 1.807) is 0 Å². The molecule has 2 rings (SSSR count). The topological polar surface area (TPSA) is 76.8 Å². The zero-order valence-corrected chi connectivity index (χ0v) is 9.00. The lowest BCUT2D eigenvalue weighted by Gasteiger charge is -1.96. The predicted molar refractivity (Wildman–Crippen MR) is 64.4 cm³/mol. The van der Waals surface area contributed by atoms with Gasteiger partial charge < -0.3 is 11.5 Å². The highest BCUT2D eigenvalue weighted by Crippen LogP contribution is 2.21. The van der Waals surface area contributed by atoms with Crippen LogP contribution >= 0.6 is 12.4 Å². The molecule has 80 valence electrons. The van der Waals surface area contributed by atoms with Gasteiger partial charge in [0.2, 0.25) is 5.96 Å². The summed E-state index contributed by atoms with van der Waals surface area (Å²) in [6.07, 6.45) is 1.94. The van der Waals surface area contributed by atoms with Gasteiger partial charge in [0, 0.05) is 5.56 Å². The monoisotopic (exact) mass is 224 g/mol. The van der Waals surface area contributed by atoms with Gasteiger partial charge in [0.05, 0.1) is 5.71 Å². The van der Waals surface area contributed by atoms with E-state index in [2.05, 4.69) is 16.3 Å². The Morgan fingerprint density at radius 3 is 2.60 bits per heavy atom. The minimum absolute atomic E-state index is 0. The number of halogens is 1. The molecule has 0 aliphatic heterocycles. The molecule has 0 radical (unpaired) electrons.